The Morgan fingerprint density at radius 2 is 1.84 bits per heavy atom. The van der Waals surface area contributed by atoms with E-state index in [2.05, 4.69) is 4.98 Å². The summed E-state index contributed by atoms with van der Waals surface area (Å²) in [6, 6.07) is 7.85. The summed E-state index contributed by atoms with van der Waals surface area (Å²) in [5.74, 6) is -0.490. The SMILES string of the molecule is O=S(=O)(C=Cc1ncccc1Cl)c1ccc(F)cc1. The number of pyridine rings is 1. The summed E-state index contributed by atoms with van der Waals surface area (Å²) in [7, 11) is -3.64. The zero-order chi connectivity index (χ0) is 13.9. The zero-order valence-corrected chi connectivity index (χ0v) is 11.2. The monoisotopic (exact) mass is 297 g/mol. The lowest BCUT2D eigenvalue weighted by Gasteiger charge is -1.99. The molecular formula is C13H9ClFNO2S. The van der Waals surface area contributed by atoms with E-state index in [1.807, 2.05) is 0 Å². The third-order valence-electron chi connectivity index (χ3n) is 2.33. The van der Waals surface area contributed by atoms with Crippen molar-refractivity contribution >= 4 is 27.5 Å². The minimum absolute atomic E-state index is 0.0113. The Labute approximate surface area is 115 Å². The highest BCUT2D eigenvalue weighted by Gasteiger charge is 2.10. The first-order valence-corrected chi connectivity index (χ1v) is 7.21. The van der Waals surface area contributed by atoms with Gasteiger partial charge < -0.3 is 0 Å². The topological polar surface area (TPSA) is 47.0 Å². The van der Waals surface area contributed by atoms with Crippen molar-refractivity contribution in [2.45, 2.75) is 4.90 Å². The summed E-state index contributed by atoms with van der Waals surface area (Å²) < 4.78 is 36.6. The van der Waals surface area contributed by atoms with Gasteiger partial charge in [-0.15, -0.1) is 0 Å². The zero-order valence-electron chi connectivity index (χ0n) is 9.62. The predicted molar refractivity (Wildman–Crippen MR) is 71.9 cm³/mol. The van der Waals surface area contributed by atoms with Crippen LogP contribution >= 0.6 is 11.6 Å². The first-order chi connectivity index (χ1) is 8.99. The van der Waals surface area contributed by atoms with Gasteiger partial charge in [-0.1, -0.05) is 11.6 Å². The molecule has 0 N–H and O–H groups in total. The molecule has 1 heterocycles. The van der Waals surface area contributed by atoms with E-state index >= 15 is 0 Å². The molecule has 1 aromatic heterocycles. The third-order valence-corrected chi connectivity index (χ3v) is 4.08. The third kappa shape index (κ3) is 3.39. The average molecular weight is 298 g/mol. The highest BCUT2D eigenvalue weighted by atomic mass is 35.5. The Morgan fingerprint density at radius 1 is 1.16 bits per heavy atom. The molecule has 0 spiro atoms. The highest BCUT2D eigenvalue weighted by Crippen LogP contribution is 2.17. The van der Waals surface area contributed by atoms with E-state index in [9.17, 15) is 12.8 Å². The van der Waals surface area contributed by atoms with Crippen LogP contribution in [0.25, 0.3) is 6.08 Å². The minimum atomic E-state index is -3.64. The van der Waals surface area contributed by atoms with Crippen LogP contribution in [0, 0.1) is 5.82 Å². The van der Waals surface area contributed by atoms with Crippen LogP contribution in [0.1, 0.15) is 5.69 Å². The lowest BCUT2D eigenvalue weighted by Crippen LogP contribution is -1.96. The van der Waals surface area contributed by atoms with Crippen molar-refractivity contribution in [1.29, 1.82) is 0 Å². The van der Waals surface area contributed by atoms with Crippen molar-refractivity contribution in [2.75, 3.05) is 0 Å². The second-order valence-corrected chi connectivity index (χ2v) is 5.91. The van der Waals surface area contributed by atoms with Crippen LogP contribution < -0.4 is 0 Å². The van der Waals surface area contributed by atoms with Gasteiger partial charge in [0, 0.05) is 11.6 Å². The van der Waals surface area contributed by atoms with Crippen molar-refractivity contribution in [2.24, 2.45) is 0 Å². The van der Waals surface area contributed by atoms with Crippen LogP contribution in [0.5, 0.6) is 0 Å². The van der Waals surface area contributed by atoms with Gasteiger partial charge in [-0.3, -0.25) is 4.98 Å². The standard InChI is InChI=1S/C13H9ClFNO2S/c14-12-2-1-8-16-13(12)7-9-19(17,18)11-5-3-10(15)4-6-11/h1-9H. The average Bonchev–Trinajstić information content (AvgIpc) is 2.38. The fourth-order valence-electron chi connectivity index (χ4n) is 1.38. The smallest absolute Gasteiger partial charge is 0.199 e. The van der Waals surface area contributed by atoms with Crippen LogP contribution in [0.15, 0.2) is 52.9 Å². The van der Waals surface area contributed by atoms with Crippen LogP contribution in [0.2, 0.25) is 5.02 Å². The number of nitrogens with zero attached hydrogens (tertiary/aromatic N) is 1. The van der Waals surface area contributed by atoms with Crippen molar-refractivity contribution in [1.82, 2.24) is 4.98 Å². The Hall–Kier alpha value is -1.72. The summed E-state index contributed by atoms with van der Waals surface area (Å²) in [6.45, 7) is 0. The van der Waals surface area contributed by atoms with Gasteiger partial charge in [0.05, 0.1) is 15.6 Å². The molecule has 19 heavy (non-hydrogen) atoms. The molecule has 0 aliphatic heterocycles. The number of sulfone groups is 1. The summed E-state index contributed by atoms with van der Waals surface area (Å²) in [6.07, 6.45) is 2.82. The van der Waals surface area contributed by atoms with E-state index in [4.69, 9.17) is 11.6 Å². The normalized spacial score (nSPS) is 11.9. The Kier molecular flexibility index (Phi) is 3.97. The number of halogens is 2. The predicted octanol–water partition coefficient (Wildman–Crippen LogP) is 3.32. The molecule has 0 fully saturated rings. The number of hydrogen-bond donors (Lipinski definition) is 0. The molecule has 0 radical (unpaired) electrons. The Morgan fingerprint density at radius 3 is 2.47 bits per heavy atom. The van der Waals surface area contributed by atoms with Gasteiger partial charge >= 0.3 is 0 Å². The number of aromatic nitrogens is 1. The first-order valence-electron chi connectivity index (χ1n) is 5.28. The Balaban J connectivity index is 2.32. The van der Waals surface area contributed by atoms with Crippen molar-refractivity contribution in [3.63, 3.8) is 0 Å². The van der Waals surface area contributed by atoms with Gasteiger partial charge in [0.15, 0.2) is 9.84 Å². The fraction of sp³-hybridized carbons (Fsp3) is 0. The number of hydrogen-bond acceptors (Lipinski definition) is 3. The summed E-state index contributed by atoms with van der Waals surface area (Å²) in [4.78, 5) is 3.96. The number of benzene rings is 1. The minimum Gasteiger partial charge on any atom is -0.255 e. The lowest BCUT2D eigenvalue weighted by atomic mass is 10.3. The fourth-order valence-corrected chi connectivity index (χ4v) is 2.54. The van der Waals surface area contributed by atoms with E-state index in [0.717, 1.165) is 17.5 Å². The van der Waals surface area contributed by atoms with Gasteiger partial charge in [0.2, 0.25) is 0 Å². The van der Waals surface area contributed by atoms with E-state index in [1.165, 1.54) is 24.4 Å². The summed E-state index contributed by atoms with van der Waals surface area (Å²) in [5, 5.41) is 1.35. The molecule has 0 saturated heterocycles. The largest absolute Gasteiger partial charge is 0.255 e. The van der Waals surface area contributed by atoms with E-state index in [-0.39, 0.29) is 4.90 Å². The van der Waals surface area contributed by atoms with Crippen molar-refractivity contribution in [3.8, 4) is 0 Å². The van der Waals surface area contributed by atoms with Crippen LogP contribution in [-0.2, 0) is 9.84 Å². The number of rotatable bonds is 3. The summed E-state index contributed by atoms with van der Waals surface area (Å²) in [5.41, 5.74) is 0.356. The van der Waals surface area contributed by atoms with E-state index in [1.54, 1.807) is 12.1 Å². The molecule has 0 aliphatic carbocycles. The molecule has 0 atom stereocenters. The van der Waals surface area contributed by atoms with Gasteiger partial charge in [-0.25, -0.2) is 12.8 Å². The molecular weight excluding hydrogens is 289 g/mol. The van der Waals surface area contributed by atoms with Crippen LogP contribution in [0.4, 0.5) is 4.39 Å². The summed E-state index contributed by atoms with van der Waals surface area (Å²) >= 11 is 5.86. The maximum absolute atomic E-state index is 12.7. The molecule has 2 aromatic rings. The molecule has 2 rings (SSSR count). The first kappa shape index (κ1) is 13.7. The van der Waals surface area contributed by atoms with Gasteiger partial charge in [0.1, 0.15) is 5.82 Å². The van der Waals surface area contributed by atoms with Crippen molar-refractivity contribution < 1.29 is 12.8 Å². The molecule has 1 aromatic carbocycles. The van der Waals surface area contributed by atoms with E-state index in [0.29, 0.717) is 10.7 Å². The molecule has 0 saturated carbocycles. The van der Waals surface area contributed by atoms with Gasteiger partial charge in [-0.05, 0) is 42.5 Å². The molecule has 98 valence electrons. The molecule has 0 amide bonds. The second-order valence-electron chi connectivity index (χ2n) is 3.67. The van der Waals surface area contributed by atoms with Gasteiger partial charge in [0.25, 0.3) is 0 Å². The molecule has 0 aliphatic rings. The molecule has 6 heteroatoms. The Bertz CT molecular complexity index is 712. The van der Waals surface area contributed by atoms with E-state index < -0.39 is 15.7 Å². The van der Waals surface area contributed by atoms with Crippen LogP contribution in [-0.4, -0.2) is 13.4 Å². The molecule has 3 nitrogen and oxygen atoms in total. The second kappa shape index (κ2) is 5.50. The maximum Gasteiger partial charge on any atom is 0.199 e. The highest BCUT2D eigenvalue weighted by molar-refractivity contribution is 7.94. The lowest BCUT2D eigenvalue weighted by molar-refractivity contribution is 0.603. The van der Waals surface area contributed by atoms with Crippen LogP contribution in [0.3, 0.4) is 0 Å². The van der Waals surface area contributed by atoms with Crippen molar-refractivity contribution in [3.05, 3.63) is 64.5 Å². The van der Waals surface area contributed by atoms with Gasteiger partial charge in [-0.2, -0.15) is 0 Å². The quantitative estimate of drug-likeness (QED) is 0.817. The maximum atomic E-state index is 12.7. The molecule has 0 unspecified atom stereocenters. The molecule has 0 bridgehead atoms.